The van der Waals surface area contributed by atoms with E-state index in [1.807, 2.05) is 13.0 Å². The summed E-state index contributed by atoms with van der Waals surface area (Å²) >= 11 is 0. The lowest BCUT2D eigenvalue weighted by Crippen LogP contribution is -1.97. The van der Waals surface area contributed by atoms with Gasteiger partial charge in [-0.15, -0.1) is 0 Å². The lowest BCUT2D eigenvalue weighted by Gasteiger charge is -2.01. The number of aryl methyl sites for hydroxylation is 1. The Kier molecular flexibility index (Phi) is 2.18. The van der Waals surface area contributed by atoms with Crippen molar-refractivity contribution >= 4 is 0 Å². The quantitative estimate of drug-likeness (QED) is 0.694. The van der Waals surface area contributed by atoms with Crippen molar-refractivity contribution in [3.63, 3.8) is 0 Å². The molecule has 0 saturated carbocycles. The summed E-state index contributed by atoms with van der Waals surface area (Å²) in [4.78, 5) is 23.1. The molecule has 0 unspecified atom stereocenters. The molecule has 0 aliphatic rings. The van der Waals surface area contributed by atoms with E-state index < -0.39 is 0 Å². The van der Waals surface area contributed by atoms with E-state index in [0.717, 1.165) is 17.2 Å². The predicted molar refractivity (Wildman–Crippen MR) is 61.9 cm³/mol. The van der Waals surface area contributed by atoms with Gasteiger partial charge >= 0.3 is 0 Å². The minimum atomic E-state index is 0.571. The summed E-state index contributed by atoms with van der Waals surface area (Å²) in [7, 11) is 0. The van der Waals surface area contributed by atoms with Crippen molar-refractivity contribution < 1.29 is 0 Å². The lowest BCUT2D eigenvalue weighted by molar-refractivity contribution is 1.07. The minimum Gasteiger partial charge on any atom is -0.343 e. The normalized spacial score (nSPS) is 10.6. The number of aromatic amines is 2. The molecule has 3 rings (SSSR count). The summed E-state index contributed by atoms with van der Waals surface area (Å²) in [6.07, 6.45) is 6.87. The van der Waals surface area contributed by atoms with E-state index in [0.29, 0.717) is 11.6 Å². The van der Waals surface area contributed by atoms with Gasteiger partial charge in [0, 0.05) is 30.5 Å². The first-order valence-electron chi connectivity index (χ1n) is 5.18. The van der Waals surface area contributed by atoms with Gasteiger partial charge in [-0.05, 0) is 13.0 Å². The van der Waals surface area contributed by atoms with Gasteiger partial charge in [-0.2, -0.15) is 0 Å². The van der Waals surface area contributed by atoms with Crippen LogP contribution in [0.4, 0.5) is 0 Å². The van der Waals surface area contributed by atoms with E-state index in [1.165, 1.54) is 0 Å². The SMILES string of the molecule is Cc1cc(-c2ncc[nH]2)nc(-c2ncc[nH]2)n1. The lowest BCUT2D eigenvalue weighted by atomic mass is 10.3. The average molecular weight is 226 g/mol. The third-order valence-corrected chi connectivity index (χ3v) is 2.31. The predicted octanol–water partition coefficient (Wildman–Crippen LogP) is 1.57. The number of H-pyrrole nitrogens is 2. The molecular formula is C11H10N6. The van der Waals surface area contributed by atoms with Crippen molar-refractivity contribution in [3.05, 3.63) is 36.5 Å². The van der Waals surface area contributed by atoms with Crippen molar-refractivity contribution in [2.24, 2.45) is 0 Å². The van der Waals surface area contributed by atoms with Gasteiger partial charge in [0.25, 0.3) is 0 Å². The fraction of sp³-hybridized carbons (Fsp3) is 0.0909. The van der Waals surface area contributed by atoms with E-state index in [1.54, 1.807) is 24.8 Å². The number of nitrogens with zero attached hydrogens (tertiary/aromatic N) is 4. The monoisotopic (exact) mass is 226 g/mol. The number of hydrogen-bond donors (Lipinski definition) is 2. The molecule has 0 radical (unpaired) electrons. The molecular weight excluding hydrogens is 216 g/mol. The van der Waals surface area contributed by atoms with Gasteiger partial charge in [-0.25, -0.2) is 19.9 Å². The van der Waals surface area contributed by atoms with Crippen LogP contribution in [0.3, 0.4) is 0 Å². The number of nitrogens with one attached hydrogen (secondary N) is 2. The smallest absolute Gasteiger partial charge is 0.196 e. The fourth-order valence-electron chi connectivity index (χ4n) is 1.59. The topological polar surface area (TPSA) is 83.1 Å². The third kappa shape index (κ3) is 1.80. The molecule has 0 aromatic carbocycles. The number of rotatable bonds is 2. The van der Waals surface area contributed by atoms with Gasteiger partial charge in [0.1, 0.15) is 5.69 Å². The molecule has 3 heterocycles. The Morgan fingerprint density at radius 1 is 0.941 bits per heavy atom. The molecule has 0 bridgehead atoms. The Labute approximate surface area is 97.2 Å². The molecule has 0 aliphatic carbocycles. The maximum absolute atomic E-state index is 4.42. The first kappa shape index (κ1) is 9.71. The van der Waals surface area contributed by atoms with E-state index in [2.05, 4.69) is 29.9 Å². The Bertz CT molecular complexity index is 559. The number of imidazole rings is 2. The highest BCUT2D eigenvalue weighted by Gasteiger charge is 2.09. The van der Waals surface area contributed by atoms with E-state index in [9.17, 15) is 0 Å². The Morgan fingerprint density at radius 3 is 2.29 bits per heavy atom. The van der Waals surface area contributed by atoms with Crippen molar-refractivity contribution in [2.45, 2.75) is 6.92 Å². The van der Waals surface area contributed by atoms with Crippen molar-refractivity contribution in [2.75, 3.05) is 0 Å². The van der Waals surface area contributed by atoms with E-state index in [4.69, 9.17) is 0 Å². The van der Waals surface area contributed by atoms with Crippen LogP contribution in [0.25, 0.3) is 23.2 Å². The molecule has 2 N–H and O–H groups in total. The third-order valence-electron chi connectivity index (χ3n) is 2.31. The standard InChI is InChI=1S/C11H10N6/c1-7-6-8(9-12-2-3-13-9)17-11(16-7)10-14-4-5-15-10/h2-6H,1H3,(H,12,13)(H,14,15). The Balaban J connectivity index is 2.13. The largest absolute Gasteiger partial charge is 0.343 e. The summed E-state index contributed by atoms with van der Waals surface area (Å²) in [6.45, 7) is 1.92. The van der Waals surface area contributed by atoms with Gasteiger partial charge in [0.15, 0.2) is 17.5 Å². The molecule has 0 aliphatic heterocycles. The van der Waals surface area contributed by atoms with Crippen molar-refractivity contribution in [1.29, 1.82) is 0 Å². The molecule has 0 fully saturated rings. The highest BCUT2D eigenvalue weighted by molar-refractivity contribution is 5.54. The molecule has 0 saturated heterocycles. The molecule has 3 aromatic heterocycles. The van der Waals surface area contributed by atoms with Crippen LogP contribution >= 0.6 is 0 Å². The maximum Gasteiger partial charge on any atom is 0.196 e. The minimum absolute atomic E-state index is 0.571. The van der Waals surface area contributed by atoms with Crippen LogP contribution in [-0.2, 0) is 0 Å². The van der Waals surface area contributed by atoms with Crippen LogP contribution in [-0.4, -0.2) is 29.9 Å². The van der Waals surface area contributed by atoms with Crippen LogP contribution in [0.2, 0.25) is 0 Å². The molecule has 0 amide bonds. The van der Waals surface area contributed by atoms with Crippen LogP contribution in [0, 0.1) is 6.92 Å². The zero-order chi connectivity index (χ0) is 11.7. The second kappa shape index (κ2) is 3.82. The molecule has 6 heteroatoms. The first-order chi connectivity index (χ1) is 8.33. The summed E-state index contributed by atoms with van der Waals surface area (Å²) < 4.78 is 0. The fourth-order valence-corrected chi connectivity index (χ4v) is 1.59. The highest BCUT2D eigenvalue weighted by atomic mass is 15.0. The van der Waals surface area contributed by atoms with Gasteiger partial charge < -0.3 is 9.97 Å². The first-order valence-corrected chi connectivity index (χ1v) is 5.18. The maximum atomic E-state index is 4.42. The molecule has 17 heavy (non-hydrogen) atoms. The van der Waals surface area contributed by atoms with Crippen molar-refractivity contribution in [1.82, 2.24) is 29.9 Å². The summed E-state index contributed by atoms with van der Waals surface area (Å²) in [6, 6.07) is 1.88. The zero-order valence-electron chi connectivity index (χ0n) is 9.18. The Morgan fingerprint density at radius 2 is 1.65 bits per heavy atom. The average Bonchev–Trinajstić information content (AvgIpc) is 3.02. The summed E-state index contributed by atoms with van der Waals surface area (Å²) in [5.41, 5.74) is 1.63. The summed E-state index contributed by atoms with van der Waals surface area (Å²) in [5, 5.41) is 0. The van der Waals surface area contributed by atoms with Crippen LogP contribution in [0.5, 0.6) is 0 Å². The number of aromatic nitrogens is 6. The van der Waals surface area contributed by atoms with Crippen molar-refractivity contribution in [3.8, 4) is 23.2 Å². The number of hydrogen-bond acceptors (Lipinski definition) is 4. The molecule has 0 atom stereocenters. The van der Waals surface area contributed by atoms with Gasteiger partial charge in [0.05, 0.1) is 0 Å². The molecule has 0 spiro atoms. The summed E-state index contributed by atoms with van der Waals surface area (Å²) in [5.74, 6) is 1.95. The van der Waals surface area contributed by atoms with Gasteiger partial charge in [-0.3, -0.25) is 0 Å². The zero-order valence-corrected chi connectivity index (χ0v) is 9.18. The van der Waals surface area contributed by atoms with Crippen LogP contribution in [0.1, 0.15) is 5.69 Å². The molecule has 3 aromatic rings. The Hall–Kier alpha value is -2.50. The second-order valence-corrected chi connectivity index (χ2v) is 3.59. The molecule has 84 valence electrons. The van der Waals surface area contributed by atoms with Crippen LogP contribution in [0.15, 0.2) is 30.9 Å². The van der Waals surface area contributed by atoms with Gasteiger partial charge in [0.2, 0.25) is 0 Å². The van der Waals surface area contributed by atoms with Crippen LogP contribution < -0.4 is 0 Å². The highest BCUT2D eigenvalue weighted by Crippen LogP contribution is 2.16. The molecule has 6 nitrogen and oxygen atoms in total. The van der Waals surface area contributed by atoms with Gasteiger partial charge in [-0.1, -0.05) is 0 Å². The van der Waals surface area contributed by atoms with E-state index >= 15 is 0 Å². The van der Waals surface area contributed by atoms with E-state index in [-0.39, 0.29) is 0 Å². The second-order valence-electron chi connectivity index (χ2n) is 3.59.